The molecule has 0 saturated carbocycles. The van der Waals surface area contributed by atoms with Crippen molar-refractivity contribution in [3.8, 4) is 0 Å². The molecule has 10 nitrogen and oxygen atoms in total. The van der Waals surface area contributed by atoms with Crippen LogP contribution in [-0.2, 0) is 14.2 Å². The Labute approximate surface area is 126 Å². The molecule has 7 N–H and O–H groups in total. The van der Waals surface area contributed by atoms with E-state index in [0.717, 1.165) is 0 Å². The maximum absolute atomic E-state index is 9.86. The van der Waals surface area contributed by atoms with E-state index in [1.165, 1.54) is 0 Å². The first-order chi connectivity index (χ1) is 10.3. The summed E-state index contributed by atoms with van der Waals surface area (Å²) < 4.78 is 15.4. The van der Waals surface area contributed by atoms with Crippen LogP contribution in [0.1, 0.15) is 6.42 Å². The predicted molar refractivity (Wildman–Crippen MR) is 67.3 cm³/mol. The maximum Gasteiger partial charge on any atom is 0.218 e. The van der Waals surface area contributed by atoms with Crippen molar-refractivity contribution in [1.82, 2.24) is 0 Å². The highest BCUT2D eigenvalue weighted by molar-refractivity contribution is 4.90. The first-order valence-corrected chi connectivity index (χ1v) is 6.93. The summed E-state index contributed by atoms with van der Waals surface area (Å²) in [6.07, 6.45) is -9.28. The zero-order valence-electron chi connectivity index (χ0n) is 11.7. The average molecular weight is 326 g/mol. The van der Waals surface area contributed by atoms with Crippen molar-refractivity contribution in [2.45, 2.75) is 55.1 Å². The van der Waals surface area contributed by atoms with Crippen LogP contribution in [0.15, 0.2) is 0 Å². The number of aliphatic hydroxyl groups excluding tert-OH is 6. The lowest BCUT2D eigenvalue weighted by Gasteiger charge is -2.42. The molecule has 1 unspecified atom stereocenters. The van der Waals surface area contributed by atoms with E-state index in [1.54, 1.807) is 0 Å². The Kier molecular flexibility index (Phi) is 5.72. The quantitative estimate of drug-likeness (QED) is 0.268. The van der Waals surface area contributed by atoms with Crippen molar-refractivity contribution in [2.75, 3.05) is 19.8 Å². The highest BCUT2D eigenvalue weighted by atomic mass is 16.7. The summed E-state index contributed by atoms with van der Waals surface area (Å²) in [5.74, 6) is -2.31. The van der Waals surface area contributed by atoms with Crippen molar-refractivity contribution >= 4 is 0 Å². The molecule has 2 fully saturated rings. The third kappa shape index (κ3) is 3.57. The van der Waals surface area contributed by atoms with Gasteiger partial charge in [0, 0.05) is 6.42 Å². The van der Waals surface area contributed by atoms with Gasteiger partial charge >= 0.3 is 0 Å². The fraction of sp³-hybridized carbons (Fsp3) is 1.00. The Morgan fingerprint density at radius 1 is 1.05 bits per heavy atom. The van der Waals surface area contributed by atoms with Gasteiger partial charge in [-0.1, -0.05) is 0 Å². The highest BCUT2D eigenvalue weighted by Crippen LogP contribution is 2.28. The van der Waals surface area contributed by atoms with E-state index >= 15 is 0 Å². The van der Waals surface area contributed by atoms with Crippen LogP contribution in [0.3, 0.4) is 0 Å². The third-order valence-electron chi connectivity index (χ3n) is 3.83. The third-order valence-corrected chi connectivity index (χ3v) is 3.83. The lowest BCUT2D eigenvalue weighted by molar-refractivity contribution is -0.345. The lowest BCUT2D eigenvalue weighted by Crippen LogP contribution is -2.61. The summed E-state index contributed by atoms with van der Waals surface area (Å²) in [6, 6.07) is 0. The van der Waals surface area contributed by atoms with Crippen molar-refractivity contribution in [3.05, 3.63) is 0 Å². The monoisotopic (exact) mass is 326 g/mol. The van der Waals surface area contributed by atoms with Crippen LogP contribution < -0.4 is 0 Å². The average Bonchev–Trinajstić information content (AvgIpc) is 2.49. The fourth-order valence-electron chi connectivity index (χ4n) is 2.47. The van der Waals surface area contributed by atoms with Crippen molar-refractivity contribution in [3.63, 3.8) is 0 Å². The minimum atomic E-state index is -2.31. The molecule has 0 aromatic rings. The van der Waals surface area contributed by atoms with Crippen molar-refractivity contribution in [1.29, 1.82) is 0 Å². The second kappa shape index (κ2) is 7.01. The standard InChI is InChI=1S/C12H22O10/c13-4-12(19)10(18)6(14)1-5(22-12)2-20-11-9(17)8(16)7(15)3-21-11/h5-11,13-19H,1-4H2/t5-,6-,7+,8-,9+,10+,11+,12?/m0/s1. The number of aliphatic hydroxyl groups is 7. The Bertz CT molecular complexity index is 368. The second-order valence-electron chi connectivity index (χ2n) is 5.57. The maximum atomic E-state index is 9.86. The molecule has 2 saturated heterocycles. The molecule has 2 aliphatic heterocycles. The van der Waals surface area contributed by atoms with Gasteiger partial charge in [0.2, 0.25) is 5.79 Å². The van der Waals surface area contributed by atoms with E-state index in [1.807, 2.05) is 0 Å². The van der Waals surface area contributed by atoms with E-state index in [9.17, 15) is 30.6 Å². The molecule has 0 aliphatic carbocycles. The molecule has 0 radical (unpaired) electrons. The zero-order valence-corrected chi connectivity index (χ0v) is 11.7. The Hall–Kier alpha value is -0.400. The minimum Gasteiger partial charge on any atom is -0.391 e. The van der Waals surface area contributed by atoms with Gasteiger partial charge in [0.1, 0.15) is 24.4 Å². The summed E-state index contributed by atoms with van der Waals surface area (Å²) >= 11 is 0. The van der Waals surface area contributed by atoms with Gasteiger partial charge in [0.25, 0.3) is 0 Å². The van der Waals surface area contributed by atoms with Crippen LogP contribution >= 0.6 is 0 Å². The molecule has 0 spiro atoms. The zero-order chi connectivity index (χ0) is 16.5. The normalized spacial score (nSPS) is 50.0. The van der Waals surface area contributed by atoms with Crippen molar-refractivity contribution < 1.29 is 50.0 Å². The van der Waals surface area contributed by atoms with Gasteiger partial charge < -0.3 is 50.0 Å². The van der Waals surface area contributed by atoms with E-state index in [-0.39, 0.29) is 19.6 Å². The first-order valence-electron chi connectivity index (χ1n) is 6.93. The van der Waals surface area contributed by atoms with Crippen LogP contribution in [0, 0.1) is 0 Å². The molecule has 0 aromatic heterocycles. The van der Waals surface area contributed by atoms with Crippen molar-refractivity contribution in [2.24, 2.45) is 0 Å². The van der Waals surface area contributed by atoms with Gasteiger partial charge in [-0.2, -0.15) is 0 Å². The molecule has 0 amide bonds. The van der Waals surface area contributed by atoms with Crippen LogP contribution in [0.4, 0.5) is 0 Å². The molecule has 0 bridgehead atoms. The van der Waals surface area contributed by atoms with Gasteiger partial charge in [0.05, 0.1) is 32.0 Å². The number of hydrogen-bond acceptors (Lipinski definition) is 10. The molecule has 130 valence electrons. The Morgan fingerprint density at radius 2 is 1.73 bits per heavy atom. The Morgan fingerprint density at radius 3 is 2.36 bits per heavy atom. The van der Waals surface area contributed by atoms with E-state index in [0.29, 0.717) is 0 Å². The largest absolute Gasteiger partial charge is 0.391 e. The molecule has 10 heteroatoms. The summed E-state index contributed by atoms with van der Waals surface area (Å²) in [5.41, 5.74) is 0. The molecular weight excluding hydrogens is 304 g/mol. The number of hydrogen-bond donors (Lipinski definition) is 7. The SMILES string of the molecule is OCC1(O)O[C@H](CO[C@@H]2OC[C@@H](O)[C@H](O)[C@H]2O)C[C@H](O)[C@H]1O. The van der Waals surface area contributed by atoms with Crippen LogP contribution in [0.5, 0.6) is 0 Å². The molecular formula is C12H22O10. The molecule has 0 aromatic carbocycles. The van der Waals surface area contributed by atoms with Crippen LogP contribution in [0.2, 0.25) is 0 Å². The van der Waals surface area contributed by atoms with Gasteiger partial charge in [0.15, 0.2) is 6.29 Å². The van der Waals surface area contributed by atoms with E-state index in [4.69, 9.17) is 19.3 Å². The molecule has 8 atom stereocenters. The van der Waals surface area contributed by atoms with Gasteiger partial charge in [-0.25, -0.2) is 0 Å². The lowest BCUT2D eigenvalue weighted by atomic mass is 9.95. The summed E-state index contributed by atoms with van der Waals surface area (Å²) in [6.45, 7) is -1.39. The molecule has 2 heterocycles. The van der Waals surface area contributed by atoms with E-state index in [2.05, 4.69) is 0 Å². The molecule has 22 heavy (non-hydrogen) atoms. The number of ether oxygens (including phenoxy) is 3. The van der Waals surface area contributed by atoms with Crippen LogP contribution in [0.25, 0.3) is 0 Å². The van der Waals surface area contributed by atoms with Gasteiger partial charge in [-0.3, -0.25) is 0 Å². The summed E-state index contributed by atoms with van der Waals surface area (Å²) in [7, 11) is 0. The van der Waals surface area contributed by atoms with Gasteiger partial charge in [-0.15, -0.1) is 0 Å². The van der Waals surface area contributed by atoms with E-state index < -0.39 is 55.3 Å². The topological polar surface area (TPSA) is 169 Å². The fourth-order valence-corrected chi connectivity index (χ4v) is 2.47. The smallest absolute Gasteiger partial charge is 0.218 e. The molecule has 2 rings (SSSR count). The highest BCUT2D eigenvalue weighted by Gasteiger charge is 2.48. The summed E-state index contributed by atoms with van der Waals surface area (Å²) in [4.78, 5) is 0. The molecule has 2 aliphatic rings. The van der Waals surface area contributed by atoms with Crippen LogP contribution in [-0.4, -0.2) is 104 Å². The Balaban J connectivity index is 1.89. The predicted octanol–water partition coefficient (Wildman–Crippen LogP) is -4.37. The second-order valence-corrected chi connectivity index (χ2v) is 5.57. The minimum absolute atomic E-state index is 0.0720. The summed E-state index contributed by atoms with van der Waals surface area (Å²) in [5, 5.41) is 66.7. The number of rotatable bonds is 4. The first kappa shape index (κ1) is 17.9. The van der Waals surface area contributed by atoms with Gasteiger partial charge in [-0.05, 0) is 0 Å².